The average Bonchev–Trinajstić information content (AvgIpc) is 3.29. The van der Waals surface area contributed by atoms with Gasteiger partial charge in [-0.15, -0.1) is 0 Å². The van der Waals surface area contributed by atoms with Gasteiger partial charge in [0.15, 0.2) is 5.78 Å². The topological polar surface area (TPSA) is 136 Å². The lowest BCUT2D eigenvalue weighted by molar-refractivity contribution is -0.123. The van der Waals surface area contributed by atoms with Crippen LogP contribution in [0.25, 0.3) is 22.2 Å². The Hall–Kier alpha value is -4.37. The molecule has 9 heteroatoms. The van der Waals surface area contributed by atoms with Crippen LogP contribution in [0.4, 0.5) is 4.39 Å². The Labute approximate surface area is 230 Å². The number of amides is 1. The highest BCUT2D eigenvalue weighted by atomic mass is 19.1. The fraction of sp³-hybridized carbons (Fsp3) is 0.290. The molecule has 0 bridgehead atoms. The third-order valence-corrected chi connectivity index (χ3v) is 7.67. The van der Waals surface area contributed by atoms with Gasteiger partial charge in [0.1, 0.15) is 46.1 Å². The predicted octanol–water partition coefficient (Wildman–Crippen LogP) is 4.71. The molecule has 40 heavy (non-hydrogen) atoms. The van der Waals surface area contributed by atoms with Crippen molar-refractivity contribution < 1.29 is 28.9 Å². The van der Waals surface area contributed by atoms with Crippen LogP contribution in [0.2, 0.25) is 0 Å². The van der Waals surface area contributed by atoms with Gasteiger partial charge in [-0.3, -0.25) is 14.6 Å². The Balaban J connectivity index is 1.48. The fourth-order valence-electron chi connectivity index (χ4n) is 4.93. The van der Waals surface area contributed by atoms with Crippen LogP contribution in [0.15, 0.2) is 54.7 Å². The zero-order chi connectivity index (χ0) is 28.8. The van der Waals surface area contributed by atoms with Crippen molar-refractivity contribution in [3.63, 3.8) is 0 Å². The number of nitrogens with zero attached hydrogens (tertiary/aromatic N) is 2. The second-order valence-electron chi connectivity index (χ2n) is 10.7. The second kappa shape index (κ2) is 9.98. The highest BCUT2D eigenvalue weighted by molar-refractivity contribution is 6.01. The van der Waals surface area contributed by atoms with Crippen LogP contribution in [0.3, 0.4) is 0 Å². The quantitative estimate of drug-likeness (QED) is 0.274. The van der Waals surface area contributed by atoms with Crippen molar-refractivity contribution in [3.8, 4) is 22.8 Å². The van der Waals surface area contributed by atoms with Gasteiger partial charge in [0.05, 0.1) is 5.69 Å². The molecule has 0 radical (unpaired) electrons. The number of ketones is 1. The smallest absolute Gasteiger partial charge is 0.231 e. The number of carbonyl (C=O) groups excluding carboxylic acids is 2. The number of nitrogens with two attached hydrogens (primary N) is 1. The Morgan fingerprint density at radius 3 is 2.58 bits per heavy atom. The van der Waals surface area contributed by atoms with Gasteiger partial charge in [-0.05, 0) is 80.8 Å². The molecule has 0 saturated heterocycles. The molecule has 0 aliphatic carbocycles. The molecule has 0 spiro atoms. The number of aromatic hydroxyl groups is 1. The summed E-state index contributed by atoms with van der Waals surface area (Å²) in [6.07, 6.45) is 2.41. The van der Waals surface area contributed by atoms with E-state index in [0.717, 1.165) is 12.0 Å². The number of carbonyl (C=O) groups is 2. The molecule has 2 aromatic carbocycles. The molecule has 206 valence electrons. The van der Waals surface area contributed by atoms with Crippen LogP contribution in [-0.4, -0.2) is 38.5 Å². The summed E-state index contributed by atoms with van der Waals surface area (Å²) in [6.45, 7) is 5.18. The molecule has 8 nitrogen and oxygen atoms in total. The molecule has 0 saturated carbocycles. The number of primary amides is 1. The molecule has 5 rings (SSSR count). The highest BCUT2D eigenvalue weighted by Gasteiger charge is 2.45. The molecular formula is C31H30FN3O5. The van der Waals surface area contributed by atoms with Gasteiger partial charge >= 0.3 is 0 Å². The van der Waals surface area contributed by atoms with Gasteiger partial charge in [-0.1, -0.05) is 6.92 Å². The number of Topliss-reactive ketones (excluding diaryl/α,β-unsaturated/α-hetero) is 1. The van der Waals surface area contributed by atoms with Gasteiger partial charge < -0.3 is 20.7 Å². The zero-order valence-electron chi connectivity index (χ0n) is 22.5. The molecule has 4 aromatic rings. The SMILES string of the molecule is CCc1cnc2c(O)cc(C(=O)CC[C@](C)(O)c3cc4c(c(-c5ccc(F)cc5)n3)OC[C@]4(C)C(N)=O)cc2c1. The molecule has 2 atom stereocenters. The van der Waals surface area contributed by atoms with Gasteiger partial charge in [0, 0.05) is 34.7 Å². The van der Waals surface area contributed by atoms with E-state index in [1.165, 1.54) is 37.3 Å². The first-order valence-electron chi connectivity index (χ1n) is 13.0. The van der Waals surface area contributed by atoms with Crippen LogP contribution in [0.5, 0.6) is 11.5 Å². The van der Waals surface area contributed by atoms with Crippen molar-refractivity contribution in [3.05, 3.63) is 82.9 Å². The molecular weight excluding hydrogens is 513 g/mol. The lowest BCUT2D eigenvalue weighted by atomic mass is 9.81. The normalized spacial score (nSPS) is 17.7. The largest absolute Gasteiger partial charge is 0.506 e. The van der Waals surface area contributed by atoms with Crippen molar-refractivity contribution in [1.82, 2.24) is 9.97 Å². The average molecular weight is 544 g/mol. The van der Waals surface area contributed by atoms with Crippen LogP contribution in [0.1, 0.15) is 60.8 Å². The standard InChI is InChI=1S/C31H30FN3O5/c1-4-17-11-20-12-19(13-24(37)26(20)34-15-17)23(36)9-10-31(3,39)25-14-22-28(40-16-30(22,2)29(33)38)27(35-25)18-5-7-21(32)8-6-18/h5-8,11-15,37,39H,4,9-10,16H2,1-3H3,(H2,33,38)/t30-,31-/m0/s1. The molecule has 1 aliphatic heterocycles. The van der Waals surface area contributed by atoms with Gasteiger partial charge in [-0.2, -0.15) is 0 Å². The number of ether oxygens (including phenoxy) is 1. The zero-order valence-corrected chi connectivity index (χ0v) is 22.5. The van der Waals surface area contributed by atoms with Gasteiger partial charge in [-0.25, -0.2) is 9.37 Å². The van der Waals surface area contributed by atoms with Gasteiger partial charge in [0.25, 0.3) is 0 Å². The van der Waals surface area contributed by atoms with E-state index in [9.17, 15) is 24.2 Å². The Morgan fingerprint density at radius 1 is 1.18 bits per heavy atom. The number of phenols is 1. The minimum atomic E-state index is -1.59. The Morgan fingerprint density at radius 2 is 1.90 bits per heavy atom. The van der Waals surface area contributed by atoms with Crippen LogP contribution >= 0.6 is 0 Å². The van der Waals surface area contributed by atoms with E-state index in [2.05, 4.69) is 9.97 Å². The van der Waals surface area contributed by atoms with E-state index < -0.39 is 22.7 Å². The third kappa shape index (κ3) is 4.77. The van der Waals surface area contributed by atoms with Crippen molar-refractivity contribution in [2.75, 3.05) is 6.61 Å². The first kappa shape index (κ1) is 27.2. The van der Waals surface area contributed by atoms with Gasteiger partial charge in [0.2, 0.25) is 5.91 Å². The Bertz CT molecular complexity index is 1650. The minimum absolute atomic E-state index is 0.000664. The summed E-state index contributed by atoms with van der Waals surface area (Å²) in [5.41, 5.74) is 6.22. The predicted molar refractivity (Wildman–Crippen MR) is 148 cm³/mol. The molecule has 2 aromatic heterocycles. The number of benzene rings is 2. The van der Waals surface area contributed by atoms with Crippen LogP contribution in [0, 0.1) is 5.82 Å². The van der Waals surface area contributed by atoms with Crippen LogP contribution < -0.4 is 10.5 Å². The number of aliphatic hydroxyl groups is 1. The number of fused-ring (bicyclic) bond motifs is 2. The molecule has 4 N–H and O–H groups in total. The molecule has 0 fully saturated rings. The summed E-state index contributed by atoms with van der Waals surface area (Å²) in [5, 5.41) is 22.7. The number of hydrogen-bond acceptors (Lipinski definition) is 7. The lowest BCUT2D eigenvalue weighted by Gasteiger charge is -2.26. The summed E-state index contributed by atoms with van der Waals surface area (Å²) in [4.78, 5) is 34.6. The Kier molecular flexibility index (Phi) is 6.79. The number of halogens is 1. The van der Waals surface area contributed by atoms with E-state index in [-0.39, 0.29) is 36.7 Å². The summed E-state index contributed by atoms with van der Waals surface area (Å²) >= 11 is 0. The number of rotatable bonds is 8. The summed E-state index contributed by atoms with van der Waals surface area (Å²) in [5.74, 6) is -1.04. The lowest BCUT2D eigenvalue weighted by Crippen LogP contribution is -2.40. The van der Waals surface area contributed by atoms with E-state index in [1.807, 2.05) is 13.0 Å². The number of aryl methyl sites for hydroxylation is 1. The van der Waals surface area contributed by atoms with Crippen molar-refractivity contribution in [2.45, 2.75) is 51.0 Å². The number of hydrogen-bond donors (Lipinski definition) is 3. The number of pyridine rings is 2. The minimum Gasteiger partial charge on any atom is -0.506 e. The van der Waals surface area contributed by atoms with Crippen molar-refractivity contribution in [2.24, 2.45) is 5.73 Å². The van der Waals surface area contributed by atoms with Crippen LogP contribution in [-0.2, 0) is 22.2 Å². The van der Waals surface area contributed by atoms with E-state index in [0.29, 0.717) is 39.0 Å². The second-order valence-corrected chi connectivity index (χ2v) is 10.7. The number of phenolic OH excluding ortho intramolecular Hbond substituents is 1. The monoisotopic (exact) mass is 543 g/mol. The first-order chi connectivity index (χ1) is 18.9. The fourth-order valence-corrected chi connectivity index (χ4v) is 4.93. The maximum atomic E-state index is 13.6. The number of aromatic nitrogens is 2. The van der Waals surface area contributed by atoms with E-state index in [4.69, 9.17) is 10.5 Å². The van der Waals surface area contributed by atoms with E-state index >= 15 is 0 Å². The molecule has 1 aliphatic rings. The van der Waals surface area contributed by atoms with Crippen molar-refractivity contribution >= 4 is 22.6 Å². The maximum absolute atomic E-state index is 13.6. The van der Waals surface area contributed by atoms with E-state index in [1.54, 1.807) is 25.3 Å². The third-order valence-electron chi connectivity index (χ3n) is 7.67. The molecule has 3 heterocycles. The highest BCUT2D eigenvalue weighted by Crippen LogP contribution is 2.46. The maximum Gasteiger partial charge on any atom is 0.231 e. The molecule has 0 unspecified atom stereocenters. The summed E-state index contributed by atoms with van der Waals surface area (Å²) in [6, 6.07) is 12.2. The molecule has 1 amide bonds. The summed E-state index contributed by atoms with van der Waals surface area (Å²) < 4.78 is 19.5. The van der Waals surface area contributed by atoms with Crippen molar-refractivity contribution in [1.29, 1.82) is 0 Å². The first-order valence-corrected chi connectivity index (χ1v) is 13.0. The summed E-state index contributed by atoms with van der Waals surface area (Å²) in [7, 11) is 0.